The summed E-state index contributed by atoms with van der Waals surface area (Å²) >= 11 is 1.68. The highest BCUT2D eigenvalue weighted by atomic mass is 32.2. The molecule has 0 spiro atoms. The fourth-order valence-corrected chi connectivity index (χ4v) is 5.07. The van der Waals surface area contributed by atoms with E-state index in [0.717, 1.165) is 15.8 Å². The standard InChI is InChI=1S/C28H30FN5O2S/c1-16-10-22(29)23(33-27(36)32-18-8-7-9-19(12-18)37-28(2,3)4)13-20(16)21-11-17-15-31-25(30-5)14-24(17)34(6)26(21)35/h7-15H,1-6H3,(H,30,31)(H2,32,33,36). The Hall–Kier alpha value is -3.85. The summed E-state index contributed by atoms with van der Waals surface area (Å²) in [7, 11) is 3.44. The number of hydrogen-bond donors (Lipinski definition) is 3. The van der Waals surface area contributed by atoms with Crippen molar-refractivity contribution in [3.8, 4) is 11.1 Å². The van der Waals surface area contributed by atoms with E-state index in [-0.39, 0.29) is 16.0 Å². The largest absolute Gasteiger partial charge is 0.373 e. The van der Waals surface area contributed by atoms with Crippen LogP contribution in [-0.2, 0) is 7.05 Å². The number of anilines is 3. The predicted molar refractivity (Wildman–Crippen MR) is 151 cm³/mol. The maximum Gasteiger partial charge on any atom is 0.323 e. The third-order valence-corrected chi connectivity index (χ3v) is 6.83. The number of aryl methyl sites for hydroxylation is 2. The normalized spacial score (nSPS) is 11.4. The lowest BCUT2D eigenvalue weighted by Crippen LogP contribution is -2.21. The van der Waals surface area contributed by atoms with E-state index >= 15 is 0 Å². The number of aromatic nitrogens is 2. The molecular weight excluding hydrogens is 489 g/mol. The number of carbonyl (C=O) groups is 1. The molecule has 7 nitrogen and oxygen atoms in total. The second kappa shape index (κ2) is 10.3. The lowest BCUT2D eigenvalue weighted by Gasteiger charge is -2.18. The monoisotopic (exact) mass is 519 g/mol. The third kappa shape index (κ3) is 5.94. The van der Waals surface area contributed by atoms with Gasteiger partial charge in [0.25, 0.3) is 5.56 Å². The van der Waals surface area contributed by atoms with Gasteiger partial charge in [0.2, 0.25) is 0 Å². The van der Waals surface area contributed by atoms with Gasteiger partial charge in [-0.3, -0.25) is 4.79 Å². The second-order valence-corrected chi connectivity index (χ2v) is 11.7. The van der Waals surface area contributed by atoms with Crippen LogP contribution in [0, 0.1) is 12.7 Å². The molecule has 0 aliphatic carbocycles. The van der Waals surface area contributed by atoms with Gasteiger partial charge in [0.1, 0.15) is 11.6 Å². The zero-order valence-corrected chi connectivity index (χ0v) is 22.5. The molecule has 2 aromatic carbocycles. The van der Waals surface area contributed by atoms with Crippen LogP contribution in [0.15, 0.2) is 64.4 Å². The van der Waals surface area contributed by atoms with Crippen molar-refractivity contribution in [1.82, 2.24) is 9.55 Å². The van der Waals surface area contributed by atoms with Crippen LogP contribution >= 0.6 is 11.8 Å². The van der Waals surface area contributed by atoms with Gasteiger partial charge in [-0.15, -0.1) is 11.8 Å². The molecule has 9 heteroatoms. The first kappa shape index (κ1) is 26.2. The Morgan fingerprint density at radius 2 is 1.81 bits per heavy atom. The Labute approximate surface area is 219 Å². The molecule has 0 fully saturated rings. The maximum atomic E-state index is 14.9. The molecule has 0 aliphatic rings. The summed E-state index contributed by atoms with van der Waals surface area (Å²) in [6.45, 7) is 8.07. The highest BCUT2D eigenvalue weighted by molar-refractivity contribution is 8.00. The lowest BCUT2D eigenvalue weighted by atomic mass is 9.99. The number of pyridine rings is 2. The Morgan fingerprint density at radius 3 is 2.51 bits per heavy atom. The maximum absolute atomic E-state index is 14.9. The highest BCUT2D eigenvalue weighted by Gasteiger charge is 2.17. The van der Waals surface area contributed by atoms with Crippen LogP contribution in [0.1, 0.15) is 26.3 Å². The van der Waals surface area contributed by atoms with Crippen molar-refractivity contribution >= 4 is 45.9 Å². The number of nitrogens with one attached hydrogen (secondary N) is 3. The predicted octanol–water partition coefficient (Wildman–Crippen LogP) is 6.62. The number of halogens is 1. The smallest absolute Gasteiger partial charge is 0.323 e. The van der Waals surface area contributed by atoms with Gasteiger partial charge in [-0.1, -0.05) is 26.8 Å². The van der Waals surface area contributed by atoms with Crippen molar-refractivity contribution in [2.24, 2.45) is 7.05 Å². The average molecular weight is 520 g/mol. The van der Waals surface area contributed by atoms with E-state index in [4.69, 9.17) is 0 Å². The number of urea groups is 1. The first-order chi connectivity index (χ1) is 17.4. The minimum Gasteiger partial charge on any atom is -0.373 e. The molecule has 0 saturated carbocycles. The van der Waals surface area contributed by atoms with Gasteiger partial charge >= 0.3 is 6.03 Å². The first-order valence-electron chi connectivity index (χ1n) is 11.8. The SMILES string of the molecule is CNc1cc2c(cn1)cc(-c1cc(NC(=O)Nc3cccc(SC(C)(C)C)c3)c(F)cc1C)c(=O)n2C. The van der Waals surface area contributed by atoms with Crippen LogP contribution in [0.3, 0.4) is 0 Å². The van der Waals surface area contributed by atoms with E-state index in [9.17, 15) is 14.0 Å². The van der Waals surface area contributed by atoms with Crippen LogP contribution in [-0.4, -0.2) is 27.4 Å². The van der Waals surface area contributed by atoms with E-state index < -0.39 is 11.8 Å². The highest BCUT2D eigenvalue weighted by Crippen LogP contribution is 2.33. The number of rotatable bonds is 5. The van der Waals surface area contributed by atoms with Gasteiger partial charge in [0, 0.05) is 52.6 Å². The summed E-state index contributed by atoms with van der Waals surface area (Å²) < 4.78 is 16.4. The number of fused-ring (bicyclic) bond motifs is 1. The van der Waals surface area contributed by atoms with Gasteiger partial charge in [-0.05, 0) is 54.4 Å². The van der Waals surface area contributed by atoms with E-state index in [1.54, 1.807) is 61.7 Å². The Morgan fingerprint density at radius 1 is 1.05 bits per heavy atom. The summed E-state index contributed by atoms with van der Waals surface area (Å²) in [4.78, 5) is 31.3. The van der Waals surface area contributed by atoms with Gasteiger partial charge in [-0.25, -0.2) is 14.2 Å². The Kier molecular flexibility index (Phi) is 7.27. The van der Waals surface area contributed by atoms with Gasteiger partial charge in [0.05, 0.1) is 11.2 Å². The molecule has 0 atom stereocenters. The van der Waals surface area contributed by atoms with E-state index in [0.29, 0.717) is 28.2 Å². The molecule has 0 unspecified atom stereocenters. The molecule has 4 rings (SSSR count). The van der Waals surface area contributed by atoms with Crippen LogP contribution in [0.2, 0.25) is 0 Å². The molecule has 0 aliphatic heterocycles. The van der Waals surface area contributed by atoms with Gasteiger partial charge in [0.15, 0.2) is 0 Å². The fourth-order valence-electron chi connectivity index (χ4n) is 4.03. The summed E-state index contributed by atoms with van der Waals surface area (Å²) in [6.07, 6.45) is 1.68. The van der Waals surface area contributed by atoms with Crippen molar-refractivity contribution in [2.45, 2.75) is 37.3 Å². The van der Waals surface area contributed by atoms with Crippen LogP contribution in [0.4, 0.5) is 26.4 Å². The molecule has 0 bridgehead atoms. The first-order valence-corrected chi connectivity index (χ1v) is 12.6. The van der Waals surface area contributed by atoms with Crippen molar-refractivity contribution < 1.29 is 9.18 Å². The second-order valence-electron chi connectivity index (χ2n) is 9.77. The van der Waals surface area contributed by atoms with Crippen LogP contribution in [0.25, 0.3) is 22.0 Å². The molecule has 2 amide bonds. The minimum absolute atomic E-state index is 0.0212. The van der Waals surface area contributed by atoms with Crippen molar-refractivity contribution in [3.63, 3.8) is 0 Å². The van der Waals surface area contributed by atoms with Gasteiger partial charge in [-0.2, -0.15) is 0 Å². The molecule has 0 saturated heterocycles. The van der Waals surface area contributed by atoms with E-state index in [1.165, 1.54) is 12.1 Å². The summed E-state index contributed by atoms with van der Waals surface area (Å²) in [5, 5.41) is 9.08. The fraction of sp³-hybridized carbons (Fsp3) is 0.250. The lowest BCUT2D eigenvalue weighted by molar-refractivity contribution is 0.262. The van der Waals surface area contributed by atoms with Crippen molar-refractivity contribution in [1.29, 1.82) is 0 Å². The molecule has 2 aromatic heterocycles. The van der Waals surface area contributed by atoms with Gasteiger partial charge < -0.3 is 20.5 Å². The molecule has 0 radical (unpaired) electrons. The molecule has 3 N–H and O–H groups in total. The third-order valence-electron chi connectivity index (χ3n) is 5.73. The topological polar surface area (TPSA) is 88.1 Å². The average Bonchev–Trinajstić information content (AvgIpc) is 2.82. The summed E-state index contributed by atoms with van der Waals surface area (Å²) in [5.41, 5.74) is 2.55. The number of nitrogens with zero attached hydrogens (tertiary/aromatic N) is 2. The number of benzene rings is 2. The number of carbonyl (C=O) groups excluding carboxylic acids is 1. The van der Waals surface area contributed by atoms with Crippen LogP contribution < -0.4 is 21.5 Å². The number of hydrogen-bond acceptors (Lipinski definition) is 5. The molecule has 192 valence electrons. The minimum atomic E-state index is -0.591. The quantitative estimate of drug-likeness (QED) is 0.258. The summed E-state index contributed by atoms with van der Waals surface area (Å²) in [5.74, 6) is 0.0552. The summed E-state index contributed by atoms with van der Waals surface area (Å²) in [6, 6.07) is 13.3. The van der Waals surface area contributed by atoms with Crippen molar-refractivity contribution in [3.05, 3.63) is 76.5 Å². The van der Waals surface area contributed by atoms with Crippen LogP contribution in [0.5, 0.6) is 0 Å². The molecule has 4 aromatic rings. The molecule has 2 heterocycles. The molecular formula is C28H30FN5O2S. The zero-order chi connectivity index (χ0) is 26.9. The van der Waals surface area contributed by atoms with E-state index in [1.807, 2.05) is 18.2 Å². The van der Waals surface area contributed by atoms with E-state index in [2.05, 4.69) is 41.7 Å². The Bertz CT molecular complexity index is 1560. The number of amides is 2. The zero-order valence-electron chi connectivity index (χ0n) is 21.7. The number of thioether (sulfide) groups is 1. The van der Waals surface area contributed by atoms with Crippen molar-refractivity contribution in [2.75, 3.05) is 23.0 Å². The Balaban J connectivity index is 1.64. The molecule has 37 heavy (non-hydrogen) atoms.